The number of nitrogens with zero attached hydrogens (tertiary/aromatic N) is 1. The highest BCUT2D eigenvalue weighted by Gasteiger charge is 2.25. The summed E-state index contributed by atoms with van der Waals surface area (Å²) in [7, 11) is 0. The van der Waals surface area contributed by atoms with Crippen LogP contribution in [0.5, 0.6) is 0 Å². The van der Waals surface area contributed by atoms with Crippen molar-refractivity contribution in [1.82, 2.24) is 10.3 Å². The zero-order chi connectivity index (χ0) is 12.3. The van der Waals surface area contributed by atoms with Gasteiger partial charge in [0.25, 0.3) is 0 Å². The molecule has 96 valence electrons. The molecular formula is C14H24N2S. The fourth-order valence-electron chi connectivity index (χ4n) is 2.54. The van der Waals surface area contributed by atoms with Gasteiger partial charge in [0.05, 0.1) is 5.54 Å². The molecule has 3 heteroatoms. The van der Waals surface area contributed by atoms with E-state index >= 15 is 0 Å². The molecule has 0 aromatic carbocycles. The van der Waals surface area contributed by atoms with Gasteiger partial charge >= 0.3 is 0 Å². The van der Waals surface area contributed by atoms with Crippen molar-refractivity contribution < 1.29 is 0 Å². The second-order valence-electron chi connectivity index (χ2n) is 5.97. The Kier molecular flexibility index (Phi) is 4.21. The molecule has 0 unspecified atom stereocenters. The van der Waals surface area contributed by atoms with Crippen molar-refractivity contribution in [1.29, 1.82) is 0 Å². The van der Waals surface area contributed by atoms with Gasteiger partial charge in [0.15, 0.2) is 0 Å². The van der Waals surface area contributed by atoms with Crippen molar-refractivity contribution in [3.63, 3.8) is 0 Å². The molecule has 17 heavy (non-hydrogen) atoms. The van der Waals surface area contributed by atoms with E-state index in [-0.39, 0.29) is 5.54 Å². The van der Waals surface area contributed by atoms with E-state index in [4.69, 9.17) is 0 Å². The van der Waals surface area contributed by atoms with E-state index in [0.29, 0.717) is 0 Å². The van der Waals surface area contributed by atoms with Crippen LogP contribution >= 0.6 is 11.3 Å². The zero-order valence-corrected chi connectivity index (χ0v) is 12.0. The molecule has 1 saturated carbocycles. The monoisotopic (exact) mass is 252 g/mol. The second-order valence-corrected chi connectivity index (χ2v) is 6.86. The summed E-state index contributed by atoms with van der Waals surface area (Å²) < 4.78 is 0. The minimum absolute atomic E-state index is 0.0250. The molecule has 0 radical (unpaired) electrons. The first kappa shape index (κ1) is 13.0. The molecule has 0 bridgehead atoms. The number of hydrogen-bond donors (Lipinski definition) is 1. The lowest BCUT2D eigenvalue weighted by Crippen LogP contribution is -2.40. The summed E-state index contributed by atoms with van der Waals surface area (Å²) in [6, 6.07) is 0. The third-order valence-electron chi connectivity index (χ3n) is 3.94. The van der Waals surface area contributed by atoms with E-state index in [1.54, 1.807) is 11.3 Å². The minimum atomic E-state index is 0.0250. The number of rotatable bonds is 4. The molecule has 2 nitrogen and oxygen atoms in total. The third-order valence-corrected chi connectivity index (χ3v) is 5.03. The molecule has 0 aliphatic heterocycles. The SMILES string of the molecule is CC1CCC(CNC(C)(C)c2nccs2)CC1. The number of thiazole rings is 1. The van der Waals surface area contributed by atoms with E-state index in [1.807, 2.05) is 6.20 Å². The van der Waals surface area contributed by atoms with E-state index in [2.05, 4.69) is 36.5 Å². The highest BCUT2D eigenvalue weighted by molar-refractivity contribution is 7.09. The lowest BCUT2D eigenvalue weighted by atomic mass is 9.83. The van der Waals surface area contributed by atoms with Gasteiger partial charge in [0.1, 0.15) is 5.01 Å². The summed E-state index contributed by atoms with van der Waals surface area (Å²) in [5.41, 5.74) is 0.0250. The molecule has 0 atom stereocenters. The van der Waals surface area contributed by atoms with Crippen molar-refractivity contribution in [3.8, 4) is 0 Å². The maximum absolute atomic E-state index is 4.42. The average Bonchev–Trinajstić information content (AvgIpc) is 2.82. The van der Waals surface area contributed by atoms with Crippen molar-refractivity contribution in [2.75, 3.05) is 6.54 Å². The molecule has 1 aromatic rings. The molecule has 1 heterocycles. The van der Waals surface area contributed by atoms with Crippen molar-refractivity contribution in [2.45, 2.75) is 52.0 Å². The fraction of sp³-hybridized carbons (Fsp3) is 0.786. The van der Waals surface area contributed by atoms with Crippen molar-refractivity contribution >= 4 is 11.3 Å². The number of aromatic nitrogens is 1. The first-order valence-electron chi connectivity index (χ1n) is 6.73. The largest absolute Gasteiger partial charge is 0.306 e. The number of nitrogens with one attached hydrogen (secondary N) is 1. The summed E-state index contributed by atoms with van der Waals surface area (Å²) in [6.45, 7) is 7.98. The summed E-state index contributed by atoms with van der Waals surface area (Å²) in [5.74, 6) is 1.81. The minimum Gasteiger partial charge on any atom is -0.306 e. The van der Waals surface area contributed by atoms with E-state index in [0.717, 1.165) is 18.4 Å². The maximum Gasteiger partial charge on any atom is 0.112 e. The average molecular weight is 252 g/mol. The van der Waals surface area contributed by atoms with Gasteiger partial charge in [-0.05, 0) is 45.1 Å². The van der Waals surface area contributed by atoms with Crippen LogP contribution in [0.15, 0.2) is 11.6 Å². The molecule has 0 spiro atoms. The third kappa shape index (κ3) is 3.52. The molecule has 1 aromatic heterocycles. The van der Waals surface area contributed by atoms with E-state index in [9.17, 15) is 0 Å². The summed E-state index contributed by atoms with van der Waals surface area (Å²) in [4.78, 5) is 4.42. The molecule has 0 amide bonds. The maximum atomic E-state index is 4.42. The first-order valence-corrected chi connectivity index (χ1v) is 7.61. The molecular weight excluding hydrogens is 228 g/mol. The van der Waals surface area contributed by atoms with Crippen LogP contribution in [0.25, 0.3) is 0 Å². The van der Waals surface area contributed by atoms with Gasteiger partial charge in [0, 0.05) is 11.6 Å². The Bertz CT molecular complexity index is 324. The van der Waals surface area contributed by atoms with Gasteiger partial charge < -0.3 is 5.32 Å². The van der Waals surface area contributed by atoms with Crippen LogP contribution in [0.1, 0.15) is 51.5 Å². The van der Waals surface area contributed by atoms with Crippen LogP contribution in [0, 0.1) is 11.8 Å². The zero-order valence-electron chi connectivity index (χ0n) is 11.2. The molecule has 1 N–H and O–H groups in total. The Balaban J connectivity index is 1.81. The first-order chi connectivity index (χ1) is 8.08. The highest BCUT2D eigenvalue weighted by atomic mass is 32.1. The quantitative estimate of drug-likeness (QED) is 0.882. The van der Waals surface area contributed by atoms with Gasteiger partial charge in [-0.3, -0.25) is 0 Å². The highest BCUT2D eigenvalue weighted by Crippen LogP contribution is 2.29. The Morgan fingerprint density at radius 1 is 1.35 bits per heavy atom. The van der Waals surface area contributed by atoms with E-state index < -0.39 is 0 Å². The molecule has 0 saturated heterocycles. The normalized spacial score (nSPS) is 26.1. The standard InChI is InChI=1S/C14H24N2S/c1-11-4-6-12(7-5-11)10-16-14(2,3)13-15-8-9-17-13/h8-9,11-12,16H,4-7,10H2,1-3H3. The topological polar surface area (TPSA) is 24.9 Å². The van der Waals surface area contributed by atoms with Crippen LogP contribution in [-0.2, 0) is 5.54 Å². The smallest absolute Gasteiger partial charge is 0.112 e. The Labute approximate surface area is 109 Å². The van der Waals surface area contributed by atoms with Crippen molar-refractivity contribution in [2.24, 2.45) is 11.8 Å². The Hall–Kier alpha value is -0.410. The fourth-order valence-corrected chi connectivity index (χ4v) is 3.28. The van der Waals surface area contributed by atoms with E-state index in [1.165, 1.54) is 30.7 Å². The molecule has 1 aliphatic rings. The van der Waals surface area contributed by atoms with Gasteiger partial charge in [-0.2, -0.15) is 0 Å². The van der Waals surface area contributed by atoms with Gasteiger partial charge in [-0.1, -0.05) is 19.8 Å². The predicted octanol–water partition coefficient (Wildman–Crippen LogP) is 3.79. The van der Waals surface area contributed by atoms with Crippen LogP contribution in [0.2, 0.25) is 0 Å². The summed E-state index contributed by atoms with van der Waals surface area (Å²) in [6.07, 6.45) is 7.49. The molecule has 1 aliphatic carbocycles. The molecule has 1 fully saturated rings. The lowest BCUT2D eigenvalue weighted by Gasteiger charge is -2.30. The summed E-state index contributed by atoms with van der Waals surface area (Å²) in [5, 5.41) is 6.95. The van der Waals surface area contributed by atoms with Crippen LogP contribution in [0.4, 0.5) is 0 Å². The van der Waals surface area contributed by atoms with Gasteiger partial charge in [0.2, 0.25) is 0 Å². The van der Waals surface area contributed by atoms with Gasteiger partial charge in [-0.15, -0.1) is 11.3 Å². The Morgan fingerprint density at radius 2 is 2.06 bits per heavy atom. The molecule has 2 rings (SSSR count). The number of hydrogen-bond acceptors (Lipinski definition) is 3. The van der Waals surface area contributed by atoms with Crippen LogP contribution in [-0.4, -0.2) is 11.5 Å². The van der Waals surface area contributed by atoms with Gasteiger partial charge in [-0.25, -0.2) is 4.98 Å². The summed E-state index contributed by atoms with van der Waals surface area (Å²) >= 11 is 1.74. The lowest BCUT2D eigenvalue weighted by molar-refractivity contribution is 0.257. The van der Waals surface area contributed by atoms with Crippen molar-refractivity contribution in [3.05, 3.63) is 16.6 Å². The Morgan fingerprint density at radius 3 is 2.65 bits per heavy atom. The second kappa shape index (κ2) is 5.49. The van der Waals surface area contributed by atoms with Crippen LogP contribution in [0.3, 0.4) is 0 Å². The van der Waals surface area contributed by atoms with Crippen LogP contribution < -0.4 is 5.32 Å². The predicted molar refractivity (Wildman–Crippen MR) is 74.3 cm³/mol.